The van der Waals surface area contributed by atoms with Crippen LogP contribution in [0, 0.1) is 6.92 Å². The van der Waals surface area contributed by atoms with Gasteiger partial charge in [-0.2, -0.15) is 0 Å². The number of benzene rings is 1. The zero-order valence-electron chi connectivity index (χ0n) is 16.8. The molecule has 0 atom stereocenters. The maximum atomic E-state index is 12.4. The van der Waals surface area contributed by atoms with E-state index in [1.807, 2.05) is 30.3 Å². The largest absolute Gasteiger partial charge is 0.462 e. The van der Waals surface area contributed by atoms with Crippen molar-refractivity contribution < 1.29 is 23.9 Å². The quantitative estimate of drug-likeness (QED) is 0.324. The lowest BCUT2D eigenvalue weighted by atomic mass is 10.1. The van der Waals surface area contributed by atoms with Gasteiger partial charge in [-0.05, 0) is 50.6 Å². The second-order valence-electron chi connectivity index (χ2n) is 6.01. The number of hydrogen-bond acceptors (Lipinski definition) is 7. The smallest absolute Gasteiger partial charge is 0.348 e. The molecule has 0 fully saturated rings. The summed E-state index contributed by atoms with van der Waals surface area (Å²) >= 11 is 2.73. The Morgan fingerprint density at radius 1 is 1.03 bits per heavy atom. The van der Waals surface area contributed by atoms with E-state index in [9.17, 15) is 14.4 Å². The van der Waals surface area contributed by atoms with Crippen molar-refractivity contribution >= 4 is 45.9 Å². The second-order valence-corrected chi connectivity index (χ2v) is 8.20. The molecule has 2 aromatic rings. The van der Waals surface area contributed by atoms with Crippen LogP contribution < -0.4 is 5.32 Å². The Morgan fingerprint density at radius 3 is 2.34 bits per heavy atom. The van der Waals surface area contributed by atoms with Crippen molar-refractivity contribution in [3.63, 3.8) is 0 Å². The van der Waals surface area contributed by atoms with Gasteiger partial charge >= 0.3 is 11.9 Å². The topological polar surface area (TPSA) is 81.7 Å². The predicted molar refractivity (Wildman–Crippen MR) is 116 cm³/mol. The van der Waals surface area contributed by atoms with E-state index in [1.165, 1.54) is 0 Å². The van der Waals surface area contributed by atoms with Crippen LogP contribution in [-0.4, -0.2) is 36.8 Å². The van der Waals surface area contributed by atoms with Gasteiger partial charge in [0.15, 0.2) is 0 Å². The van der Waals surface area contributed by atoms with Crippen molar-refractivity contribution in [1.82, 2.24) is 0 Å². The molecule has 0 aliphatic carbocycles. The number of carbonyl (C=O) groups is 3. The third-order valence-corrected chi connectivity index (χ3v) is 6.19. The predicted octanol–water partition coefficient (Wildman–Crippen LogP) is 4.92. The Balaban J connectivity index is 2.03. The first-order valence-electron chi connectivity index (χ1n) is 9.43. The lowest BCUT2D eigenvalue weighted by Gasteiger charge is -2.07. The van der Waals surface area contributed by atoms with Gasteiger partial charge in [-0.3, -0.25) is 4.79 Å². The number of amides is 1. The lowest BCUT2D eigenvalue weighted by Crippen LogP contribution is -2.14. The Kier molecular flexibility index (Phi) is 9.21. The molecule has 1 aromatic carbocycles. The molecule has 0 saturated carbocycles. The van der Waals surface area contributed by atoms with Crippen LogP contribution in [0.4, 0.5) is 5.00 Å². The number of hydrogen-bond donors (Lipinski definition) is 1. The summed E-state index contributed by atoms with van der Waals surface area (Å²) in [5, 5.41) is 3.09. The van der Waals surface area contributed by atoms with Crippen molar-refractivity contribution in [2.45, 2.75) is 38.5 Å². The molecule has 1 aromatic heterocycles. The molecule has 2 rings (SSSR count). The Labute approximate surface area is 179 Å². The van der Waals surface area contributed by atoms with E-state index in [-0.39, 0.29) is 24.7 Å². The normalized spacial score (nSPS) is 10.4. The Bertz CT molecular complexity index is 848. The van der Waals surface area contributed by atoms with Gasteiger partial charge in [0.1, 0.15) is 9.88 Å². The third kappa shape index (κ3) is 6.61. The van der Waals surface area contributed by atoms with Crippen LogP contribution >= 0.6 is 23.1 Å². The van der Waals surface area contributed by atoms with Crippen LogP contribution in [0.2, 0.25) is 0 Å². The minimum absolute atomic E-state index is 0.201. The molecule has 6 nitrogen and oxygen atoms in total. The third-order valence-electron chi connectivity index (χ3n) is 3.90. The fourth-order valence-corrected chi connectivity index (χ4v) is 4.55. The van der Waals surface area contributed by atoms with E-state index < -0.39 is 11.9 Å². The molecule has 0 saturated heterocycles. The average Bonchev–Trinajstić information content (AvgIpc) is 3.02. The van der Waals surface area contributed by atoms with E-state index in [0.717, 1.165) is 22.0 Å². The molecule has 29 heavy (non-hydrogen) atoms. The van der Waals surface area contributed by atoms with E-state index in [0.29, 0.717) is 28.3 Å². The first-order chi connectivity index (χ1) is 14.0. The zero-order valence-corrected chi connectivity index (χ0v) is 18.4. The first kappa shape index (κ1) is 23.0. The second kappa shape index (κ2) is 11.6. The molecule has 1 heterocycles. The standard InChI is InChI=1S/C21H25NO5S2/c1-4-26-20(24)17-14(3)18(21(25)27-5-2)29-19(17)22-16(23)12-9-13-28-15-10-7-6-8-11-15/h6-8,10-11H,4-5,9,12-13H2,1-3H3,(H,22,23). The van der Waals surface area contributed by atoms with Gasteiger partial charge in [0, 0.05) is 11.3 Å². The molecule has 156 valence electrons. The number of thioether (sulfide) groups is 1. The van der Waals surface area contributed by atoms with Crippen molar-refractivity contribution in [1.29, 1.82) is 0 Å². The minimum atomic E-state index is -0.563. The number of ether oxygens (including phenoxy) is 2. The molecular weight excluding hydrogens is 410 g/mol. The number of thiophene rings is 1. The van der Waals surface area contributed by atoms with Crippen LogP contribution in [0.3, 0.4) is 0 Å². The van der Waals surface area contributed by atoms with E-state index in [4.69, 9.17) is 9.47 Å². The number of rotatable bonds is 10. The minimum Gasteiger partial charge on any atom is -0.462 e. The number of esters is 2. The van der Waals surface area contributed by atoms with Gasteiger partial charge in [-0.1, -0.05) is 18.2 Å². The van der Waals surface area contributed by atoms with Crippen molar-refractivity contribution in [3.05, 3.63) is 46.3 Å². The van der Waals surface area contributed by atoms with Gasteiger partial charge in [-0.15, -0.1) is 23.1 Å². The van der Waals surface area contributed by atoms with E-state index in [2.05, 4.69) is 5.32 Å². The van der Waals surface area contributed by atoms with Gasteiger partial charge in [0.25, 0.3) is 0 Å². The Morgan fingerprint density at radius 2 is 1.69 bits per heavy atom. The molecule has 0 aliphatic heterocycles. The number of carbonyl (C=O) groups excluding carboxylic acids is 3. The van der Waals surface area contributed by atoms with Gasteiger partial charge < -0.3 is 14.8 Å². The highest BCUT2D eigenvalue weighted by atomic mass is 32.2. The molecule has 0 spiro atoms. The zero-order chi connectivity index (χ0) is 21.2. The summed E-state index contributed by atoms with van der Waals surface area (Å²) in [6.07, 6.45) is 1.00. The maximum absolute atomic E-state index is 12.4. The average molecular weight is 436 g/mol. The monoisotopic (exact) mass is 435 g/mol. The van der Waals surface area contributed by atoms with Crippen LogP contribution in [0.5, 0.6) is 0 Å². The van der Waals surface area contributed by atoms with Crippen molar-refractivity contribution in [3.8, 4) is 0 Å². The van der Waals surface area contributed by atoms with Crippen molar-refractivity contribution in [2.75, 3.05) is 24.3 Å². The molecule has 0 radical (unpaired) electrons. The van der Waals surface area contributed by atoms with Gasteiger partial charge in [0.2, 0.25) is 5.91 Å². The molecule has 0 aliphatic rings. The lowest BCUT2D eigenvalue weighted by molar-refractivity contribution is -0.116. The molecule has 8 heteroatoms. The first-order valence-corrected chi connectivity index (χ1v) is 11.2. The fourth-order valence-electron chi connectivity index (χ4n) is 2.57. The highest BCUT2D eigenvalue weighted by Crippen LogP contribution is 2.34. The maximum Gasteiger partial charge on any atom is 0.348 e. The van der Waals surface area contributed by atoms with E-state index in [1.54, 1.807) is 32.5 Å². The number of nitrogens with one attached hydrogen (secondary N) is 1. The molecule has 0 bridgehead atoms. The molecule has 1 N–H and O–H groups in total. The molecule has 0 unspecified atom stereocenters. The summed E-state index contributed by atoms with van der Waals surface area (Å²) in [4.78, 5) is 38.4. The van der Waals surface area contributed by atoms with Crippen LogP contribution in [0.1, 0.15) is 52.3 Å². The van der Waals surface area contributed by atoms with E-state index >= 15 is 0 Å². The SMILES string of the molecule is CCOC(=O)c1sc(NC(=O)CCCSc2ccccc2)c(C(=O)OCC)c1C. The molecular formula is C21H25NO5S2. The summed E-state index contributed by atoms with van der Waals surface area (Å²) in [6.45, 7) is 5.50. The van der Waals surface area contributed by atoms with Gasteiger partial charge in [-0.25, -0.2) is 9.59 Å². The van der Waals surface area contributed by atoms with Crippen molar-refractivity contribution in [2.24, 2.45) is 0 Å². The summed E-state index contributed by atoms with van der Waals surface area (Å²) in [7, 11) is 0. The fraction of sp³-hybridized carbons (Fsp3) is 0.381. The number of anilines is 1. The highest BCUT2D eigenvalue weighted by molar-refractivity contribution is 7.99. The van der Waals surface area contributed by atoms with Crippen LogP contribution in [-0.2, 0) is 14.3 Å². The van der Waals surface area contributed by atoms with Crippen LogP contribution in [0.25, 0.3) is 0 Å². The van der Waals surface area contributed by atoms with Gasteiger partial charge in [0.05, 0.1) is 18.8 Å². The Hall–Kier alpha value is -2.32. The highest BCUT2D eigenvalue weighted by Gasteiger charge is 2.27. The summed E-state index contributed by atoms with van der Waals surface area (Å²) in [6, 6.07) is 9.98. The molecule has 1 amide bonds. The summed E-state index contributed by atoms with van der Waals surface area (Å²) in [5.41, 5.74) is 0.675. The summed E-state index contributed by atoms with van der Waals surface area (Å²) in [5.74, 6) is -0.479. The summed E-state index contributed by atoms with van der Waals surface area (Å²) < 4.78 is 10.1. The van der Waals surface area contributed by atoms with Crippen LogP contribution in [0.15, 0.2) is 35.2 Å².